The molecule has 27 heavy (non-hydrogen) atoms. The Bertz CT molecular complexity index is 780. The van der Waals surface area contributed by atoms with Crippen LogP contribution >= 0.6 is 11.8 Å². The minimum absolute atomic E-state index is 0.263. The van der Waals surface area contributed by atoms with Gasteiger partial charge in [-0.2, -0.15) is 0 Å². The Morgan fingerprint density at radius 1 is 1.04 bits per heavy atom. The average molecular weight is 386 g/mol. The van der Waals surface area contributed by atoms with E-state index in [2.05, 4.69) is 0 Å². The van der Waals surface area contributed by atoms with E-state index in [0.29, 0.717) is 12.2 Å². The average Bonchev–Trinajstić information content (AvgIpc) is 2.99. The molecule has 0 radical (unpaired) electrons. The molecule has 0 spiro atoms. The number of rotatable bonds is 4. The predicted octanol–water partition coefficient (Wildman–Crippen LogP) is 3.88. The third-order valence-electron chi connectivity index (χ3n) is 4.49. The number of benzene rings is 2. The lowest BCUT2D eigenvalue weighted by molar-refractivity contribution is -0.154. The summed E-state index contributed by atoms with van der Waals surface area (Å²) in [6.07, 6.45) is -1.22. The number of hydrogen-bond acceptors (Lipinski definition) is 6. The van der Waals surface area contributed by atoms with Crippen LogP contribution in [0.15, 0.2) is 65.6 Å². The highest BCUT2D eigenvalue weighted by atomic mass is 32.2. The third kappa shape index (κ3) is 4.19. The number of hydrogen-bond donors (Lipinski definition) is 0. The Balaban J connectivity index is 1.57. The van der Waals surface area contributed by atoms with Gasteiger partial charge in [-0.3, -0.25) is 0 Å². The maximum atomic E-state index is 12.7. The molecule has 0 bridgehead atoms. The van der Waals surface area contributed by atoms with Crippen LogP contribution in [0.4, 0.5) is 0 Å². The van der Waals surface area contributed by atoms with Crippen molar-refractivity contribution in [3.05, 3.63) is 66.2 Å². The molecule has 0 aromatic heterocycles. The van der Waals surface area contributed by atoms with Crippen LogP contribution in [-0.2, 0) is 18.9 Å². The molecule has 0 N–H and O–H groups in total. The fraction of sp³-hybridized carbons (Fsp3) is 0.381. The van der Waals surface area contributed by atoms with Gasteiger partial charge in [0.15, 0.2) is 11.9 Å². The first-order chi connectivity index (χ1) is 13.0. The van der Waals surface area contributed by atoms with Crippen LogP contribution in [0.1, 0.15) is 24.2 Å². The molecule has 142 valence electrons. The SMILES string of the molecule is CC1(C)O[C@@H]2[C@@H](OC(=O)c3ccccc3)[C@H](Sc3ccccc3)OC[C@@H]2O1. The van der Waals surface area contributed by atoms with Gasteiger partial charge in [0.05, 0.1) is 12.2 Å². The number of carbonyl (C=O) groups excluding carboxylic acids is 1. The highest BCUT2D eigenvalue weighted by Crippen LogP contribution is 2.40. The third-order valence-corrected chi connectivity index (χ3v) is 5.67. The maximum Gasteiger partial charge on any atom is 0.338 e. The van der Waals surface area contributed by atoms with Crippen molar-refractivity contribution in [1.82, 2.24) is 0 Å². The van der Waals surface area contributed by atoms with Gasteiger partial charge in [-0.05, 0) is 38.1 Å². The second kappa shape index (κ2) is 7.64. The van der Waals surface area contributed by atoms with Crippen LogP contribution in [0, 0.1) is 0 Å². The normalized spacial score (nSPS) is 29.1. The van der Waals surface area contributed by atoms with Crippen molar-refractivity contribution in [3.63, 3.8) is 0 Å². The number of fused-ring (bicyclic) bond motifs is 1. The van der Waals surface area contributed by atoms with E-state index in [9.17, 15) is 4.79 Å². The summed E-state index contributed by atoms with van der Waals surface area (Å²) >= 11 is 1.52. The van der Waals surface area contributed by atoms with Crippen LogP contribution in [0.5, 0.6) is 0 Å². The van der Waals surface area contributed by atoms with Crippen molar-refractivity contribution < 1.29 is 23.7 Å². The zero-order valence-corrected chi connectivity index (χ0v) is 16.1. The Morgan fingerprint density at radius 2 is 1.70 bits per heavy atom. The molecule has 2 fully saturated rings. The summed E-state index contributed by atoms with van der Waals surface area (Å²) in [6, 6.07) is 18.9. The van der Waals surface area contributed by atoms with Crippen LogP contribution < -0.4 is 0 Å². The summed E-state index contributed by atoms with van der Waals surface area (Å²) in [5.74, 6) is -1.13. The largest absolute Gasteiger partial charge is 0.452 e. The van der Waals surface area contributed by atoms with Crippen molar-refractivity contribution in [2.24, 2.45) is 0 Å². The van der Waals surface area contributed by atoms with Gasteiger partial charge in [-0.25, -0.2) is 4.79 Å². The highest BCUT2D eigenvalue weighted by molar-refractivity contribution is 7.99. The summed E-state index contributed by atoms with van der Waals surface area (Å²) in [5.41, 5.74) is 0.125. The second-order valence-corrected chi connectivity index (χ2v) is 8.18. The van der Waals surface area contributed by atoms with Gasteiger partial charge in [0.2, 0.25) is 0 Å². The van der Waals surface area contributed by atoms with Crippen molar-refractivity contribution in [2.45, 2.75) is 48.3 Å². The van der Waals surface area contributed by atoms with E-state index in [4.69, 9.17) is 18.9 Å². The van der Waals surface area contributed by atoms with Gasteiger partial charge < -0.3 is 18.9 Å². The Kier molecular flexibility index (Phi) is 5.23. The molecule has 0 unspecified atom stereocenters. The molecule has 6 heteroatoms. The number of ether oxygens (including phenoxy) is 4. The topological polar surface area (TPSA) is 54.0 Å². The minimum atomic E-state index is -0.734. The van der Waals surface area contributed by atoms with Crippen LogP contribution in [-0.4, -0.2) is 42.1 Å². The lowest BCUT2D eigenvalue weighted by atomic mass is 10.1. The van der Waals surface area contributed by atoms with Gasteiger partial charge in [0, 0.05) is 4.90 Å². The Labute approximate surface area is 163 Å². The van der Waals surface area contributed by atoms with E-state index >= 15 is 0 Å². The maximum absolute atomic E-state index is 12.7. The number of esters is 1. The monoisotopic (exact) mass is 386 g/mol. The summed E-state index contributed by atoms with van der Waals surface area (Å²) in [5, 5.41) is 0. The van der Waals surface area contributed by atoms with E-state index in [1.54, 1.807) is 12.1 Å². The Morgan fingerprint density at radius 3 is 2.41 bits per heavy atom. The van der Waals surface area contributed by atoms with E-state index < -0.39 is 17.9 Å². The molecule has 5 nitrogen and oxygen atoms in total. The highest BCUT2D eigenvalue weighted by Gasteiger charge is 2.53. The molecule has 2 aromatic carbocycles. The van der Waals surface area contributed by atoms with Crippen molar-refractivity contribution in [3.8, 4) is 0 Å². The van der Waals surface area contributed by atoms with E-state index in [0.717, 1.165) is 4.90 Å². The standard InChI is InChI=1S/C21H22O5S/c1-21(2)25-16-13-23-20(27-15-11-7-4-8-12-15)18(17(16)26-21)24-19(22)14-9-5-3-6-10-14/h3-12,16-18,20H,13H2,1-2H3/t16-,17-,18+,20-/m0/s1. The van der Waals surface area contributed by atoms with E-state index in [-0.39, 0.29) is 17.6 Å². The smallest absolute Gasteiger partial charge is 0.338 e. The zero-order chi connectivity index (χ0) is 18.9. The fourth-order valence-electron chi connectivity index (χ4n) is 3.33. The van der Waals surface area contributed by atoms with Crippen LogP contribution in [0.25, 0.3) is 0 Å². The molecule has 4 rings (SSSR count). The van der Waals surface area contributed by atoms with E-state index in [1.165, 1.54) is 11.8 Å². The number of carbonyl (C=O) groups is 1. The molecule has 0 amide bonds. The summed E-state index contributed by atoms with van der Waals surface area (Å²) in [6.45, 7) is 4.12. The first-order valence-corrected chi connectivity index (χ1v) is 9.85. The molecule has 2 aromatic rings. The van der Waals surface area contributed by atoms with Gasteiger partial charge in [0.1, 0.15) is 17.6 Å². The molecular weight excluding hydrogens is 364 g/mol. The summed E-state index contributed by atoms with van der Waals surface area (Å²) in [4.78, 5) is 13.7. The molecule has 0 saturated carbocycles. The Hall–Kier alpha value is -1.86. The summed E-state index contributed by atoms with van der Waals surface area (Å²) in [7, 11) is 0. The van der Waals surface area contributed by atoms with Gasteiger partial charge >= 0.3 is 5.97 Å². The zero-order valence-electron chi connectivity index (χ0n) is 15.2. The summed E-state index contributed by atoms with van der Waals surface area (Å²) < 4.78 is 23.9. The van der Waals surface area contributed by atoms with E-state index in [1.807, 2.05) is 62.4 Å². The molecule has 0 aliphatic carbocycles. The predicted molar refractivity (Wildman–Crippen MR) is 102 cm³/mol. The number of thioether (sulfide) groups is 1. The lowest BCUT2D eigenvalue weighted by Crippen LogP contribution is -2.52. The van der Waals surface area contributed by atoms with Crippen LogP contribution in [0.3, 0.4) is 0 Å². The van der Waals surface area contributed by atoms with Crippen molar-refractivity contribution in [2.75, 3.05) is 6.61 Å². The molecule has 2 aliphatic heterocycles. The molecular formula is C21H22O5S. The van der Waals surface area contributed by atoms with Gasteiger partial charge in [-0.1, -0.05) is 48.2 Å². The van der Waals surface area contributed by atoms with Crippen LogP contribution in [0.2, 0.25) is 0 Å². The van der Waals surface area contributed by atoms with Crippen molar-refractivity contribution >= 4 is 17.7 Å². The van der Waals surface area contributed by atoms with Gasteiger partial charge in [0.25, 0.3) is 0 Å². The van der Waals surface area contributed by atoms with Crippen molar-refractivity contribution in [1.29, 1.82) is 0 Å². The molecule has 2 heterocycles. The lowest BCUT2D eigenvalue weighted by Gasteiger charge is -2.36. The molecule has 4 atom stereocenters. The fourth-order valence-corrected chi connectivity index (χ4v) is 4.41. The first kappa shape index (κ1) is 18.5. The minimum Gasteiger partial charge on any atom is -0.452 e. The van der Waals surface area contributed by atoms with Gasteiger partial charge in [-0.15, -0.1) is 0 Å². The first-order valence-electron chi connectivity index (χ1n) is 8.97. The second-order valence-electron chi connectivity index (χ2n) is 7.01. The molecule has 2 saturated heterocycles. The molecule has 2 aliphatic rings. The quantitative estimate of drug-likeness (QED) is 0.744.